The molecule has 0 bridgehead atoms. The summed E-state index contributed by atoms with van der Waals surface area (Å²) in [5.41, 5.74) is 16.3. The molecule has 0 unspecified atom stereocenters. The van der Waals surface area contributed by atoms with Gasteiger partial charge in [-0.3, -0.25) is 0 Å². The average molecular weight is 815 g/mol. The van der Waals surface area contributed by atoms with E-state index in [-0.39, 0.29) is 0 Å². The number of aromatic nitrogens is 1. The fourth-order valence-electron chi connectivity index (χ4n) is 9.86. The number of nitrogens with zero attached hydrogens (tertiary/aromatic N) is 2. The third kappa shape index (κ3) is 6.44. The average Bonchev–Trinajstić information content (AvgIpc) is 3.71. The molecule has 0 saturated heterocycles. The van der Waals surface area contributed by atoms with Crippen LogP contribution in [0.5, 0.6) is 0 Å². The van der Waals surface area contributed by atoms with Gasteiger partial charge in [0.15, 0.2) is 0 Å². The molecular weight excluding hydrogens is 773 g/mol. The zero-order valence-electron chi connectivity index (χ0n) is 35.1. The van der Waals surface area contributed by atoms with Crippen molar-refractivity contribution in [2.75, 3.05) is 4.90 Å². The summed E-state index contributed by atoms with van der Waals surface area (Å²) in [6.45, 7) is 0. The highest BCUT2D eigenvalue weighted by molar-refractivity contribution is 6.22. The van der Waals surface area contributed by atoms with Gasteiger partial charge in [0.1, 0.15) is 0 Å². The third-order valence-corrected chi connectivity index (χ3v) is 12.7. The summed E-state index contributed by atoms with van der Waals surface area (Å²) < 4.78 is 2.40. The van der Waals surface area contributed by atoms with Crippen molar-refractivity contribution >= 4 is 60.4 Å². The molecule has 64 heavy (non-hydrogen) atoms. The largest absolute Gasteiger partial charge is 0.310 e. The summed E-state index contributed by atoms with van der Waals surface area (Å²) in [6, 6.07) is 92.7. The fourth-order valence-corrected chi connectivity index (χ4v) is 9.86. The molecule has 1 aromatic heterocycles. The monoisotopic (exact) mass is 814 g/mol. The second-order valence-corrected chi connectivity index (χ2v) is 16.5. The highest BCUT2D eigenvalue weighted by Gasteiger charge is 2.21. The molecule has 0 aliphatic carbocycles. The molecule has 0 spiro atoms. The quantitative estimate of drug-likeness (QED) is 0.139. The van der Waals surface area contributed by atoms with E-state index in [1.54, 1.807) is 0 Å². The van der Waals surface area contributed by atoms with Gasteiger partial charge in [0.25, 0.3) is 0 Å². The number of para-hydroxylation sites is 2. The Morgan fingerprint density at radius 3 is 1.33 bits per heavy atom. The molecule has 0 atom stereocenters. The van der Waals surface area contributed by atoms with Crippen LogP contribution in [0.3, 0.4) is 0 Å². The van der Waals surface area contributed by atoms with E-state index in [9.17, 15) is 0 Å². The summed E-state index contributed by atoms with van der Waals surface area (Å²) in [5, 5.41) is 7.45. The van der Waals surface area contributed by atoms with Gasteiger partial charge >= 0.3 is 0 Å². The van der Waals surface area contributed by atoms with E-state index in [1.807, 2.05) is 0 Å². The van der Waals surface area contributed by atoms with Gasteiger partial charge in [-0.2, -0.15) is 0 Å². The van der Waals surface area contributed by atoms with Crippen molar-refractivity contribution in [2.24, 2.45) is 0 Å². The van der Waals surface area contributed by atoms with E-state index >= 15 is 0 Å². The number of hydrogen-bond donors (Lipinski definition) is 0. The van der Waals surface area contributed by atoms with Crippen molar-refractivity contribution in [1.29, 1.82) is 0 Å². The van der Waals surface area contributed by atoms with E-state index in [1.165, 1.54) is 76.8 Å². The fraction of sp³-hybridized carbons (Fsp3) is 0. The minimum atomic E-state index is 1.08. The molecule has 2 heteroatoms. The lowest BCUT2D eigenvalue weighted by atomic mass is 9.84. The lowest BCUT2D eigenvalue weighted by Crippen LogP contribution is -2.10. The normalized spacial score (nSPS) is 11.4. The lowest BCUT2D eigenvalue weighted by Gasteiger charge is -2.27. The smallest absolute Gasteiger partial charge is 0.0561 e. The minimum Gasteiger partial charge on any atom is -0.310 e. The molecule has 12 rings (SSSR count). The highest BCUT2D eigenvalue weighted by Crippen LogP contribution is 2.47. The first kappa shape index (κ1) is 37.3. The van der Waals surface area contributed by atoms with Crippen LogP contribution in [-0.4, -0.2) is 4.57 Å². The van der Waals surface area contributed by atoms with Gasteiger partial charge in [-0.25, -0.2) is 0 Å². The molecule has 12 aromatic rings. The molecule has 0 saturated carbocycles. The molecule has 0 amide bonds. The minimum absolute atomic E-state index is 1.08. The Hall–Kier alpha value is -8.46. The molecule has 0 radical (unpaired) electrons. The van der Waals surface area contributed by atoms with E-state index in [0.29, 0.717) is 0 Å². The molecule has 0 aliphatic rings. The second kappa shape index (κ2) is 15.8. The molecule has 0 fully saturated rings. The van der Waals surface area contributed by atoms with E-state index in [0.717, 1.165) is 33.8 Å². The Kier molecular flexibility index (Phi) is 9.20. The van der Waals surface area contributed by atoms with Crippen molar-refractivity contribution in [2.45, 2.75) is 0 Å². The second-order valence-electron chi connectivity index (χ2n) is 16.5. The van der Waals surface area contributed by atoms with Crippen molar-refractivity contribution in [3.05, 3.63) is 255 Å². The number of fused-ring (bicyclic) bond motifs is 6. The van der Waals surface area contributed by atoms with Gasteiger partial charge < -0.3 is 9.47 Å². The SMILES string of the molecule is c1ccc(-c2cccc(N(c3cccc(-c4ccc5c(c4)c(-c4ccccc4)c(-c4ccccc4)c4ccccc45)c3)c3ccc4c5ccccc5n(-c5ccccc5)c4c3)c2)cc1. The summed E-state index contributed by atoms with van der Waals surface area (Å²) in [7, 11) is 0. The molecule has 11 aromatic carbocycles. The van der Waals surface area contributed by atoms with Gasteiger partial charge in [0.05, 0.1) is 11.0 Å². The van der Waals surface area contributed by atoms with Crippen LogP contribution in [0.2, 0.25) is 0 Å². The van der Waals surface area contributed by atoms with Crippen LogP contribution in [0.25, 0.3) is 93.5 Å². The molecule has 0 N–H and O–H groups in total. The van der Waals surface area contributed by atoms with Gasteiger partial charge in [0.2, 0.25) is 0 Å². The van der Waals surface area contributed by atoms with E-state index in [4.69, 9.17) is 0 Å². The number of rotatable bonds is 8. The molecule has 2 nitrogen and oxygen atoms in total. The van der Waals surface area contributed by atoms with E-state index in [2.05, 4.69) is 264 Å². The predicted octanol–water partition coefficient (Wildman–Crippen LogP) is 17.2. The zero-order valence-corrected chi connectivity index (χ0v) is 35.1. The predicted molar refractivity (Wildman–Crippen MR) is 272 cm³/mol. The first-order valence-electron chi connectivity index (χ1n) is 22.0. The number of benzene rings is 11. The first-order valence-corrected chi connectivity index (χ1v) is 22.0. The summed E-state index contributed by atoms with van der Waals surface area (Å²) >= 11 is 0. The molecule has 0 aliphatic heterocycles. The van der Waals surface area contributed by atoms with Gasteiger partial charge in [-0.15, -0.1) is 0 Å². The van der Waals surface area contributed by atoms with Crippen molar-refractivity contribution < 1.29 is 0 Å². The summed E-state index contributed by atoms with van der Waals surface area (Å²) in [4.78, 5) is 2.42. The maximum atomic E-state index is 2.42. The number of anilines is 3. The Labute approximate surface area is 373 Å². The summed E-state index contributed by atoms with van der Waals surface area (Å²) in [5.74, 6) is 0. The molecular formula is C62H42N2. The number of hydrogen-bond acceptors (Lipinski definition) is 1. The lowest BCUT2D eigenvalue weighted by molar-refractivity contribution is 1.18. The Morgan fingerprint density at radius 2 is 0.672 bits per heavy atom. The first-order chi connectivity index (χ1) is 31.8. The van der Waals surface area contributed by atoms with Crippen LogP contribution in [-0.2, 0) is 0 Å². The molecule has 1 heterocycles. The van der Waals surface area contributed by atoms with Crippen molar-refractivity contribution in [3.8, 4) is 50.2 Å². The van der Waals surface area contributed by atoms with Crippen LogP contribution in [0.15, 0.2) is 255 Å². The van der Waals surface area contributed by atoms with Crippen LogP contribution >= 0.6 is 0 Å². The third-order valence-electron chi connectivity index (χ3n) is 12.7. The summed E-state index contributed by atoms with van der Waals surface area (Å²) in [6.07, 6.45) is 0. The van der Waals surface area contributed by atoms with Crippen LogP contribution in [0.4, 0.5) is 17.1 Å². The topological polar surface area (TPSA) is 8.17 Å². The molecule has 300 valence electrons. The van der Waals surface area contributed by atoms with Gasteiger partial charge in [0, 0.05) is 33.5 Å². The Balaban J connectivity index is 1.08. The van der Waals surface area contributed by atoms with Crippen LogP contribution in [0, 0.1) is 0 Å². The highest BCUT2D eigenvalue weighted by atomic mass is 15.1. The Bertz CT molecular complexity index is 3650. The standard InChI is InChI=1S/C62H42N2/c1-5-19-43(20-6-1)46-25-17-29-50(39-46)63(52-36-38-56-55-32-15-16-34-59(55)64(60(56)42-52)49-27-11-4-12-28-49)51-30-18-26-47(40-51)48-35-37-54-53-31-13-14-33-57(53)61(44-21-7-2-8-22-44)62(58(54)41-48)45-23-9-3-10-24-45/h1-42H. The van der Waals surface area contributed by atoms with Crippen molar-refractivity contribution in [1.82, 2.24) is 4.57 Å². The van der Waals surface area contributed by atoms with Crippen LogP contribution in [0.1, 0.15) is 0 Å². The van der Waals surface area contributed by atoms with Gasteiger partial charge in [-0.1, -0.05) is 194 Å². The van der Waals surface area contributed by atoms with Gasteiger partial charge in [-0.05, 0) is 127 Å². The van der Waals surface area contributed by atoms with Crippen LogP contribution < -0.4 is 4.90 Å². The Morgan fingerprint density at radius 1 is 0.234 bits per heavy atom. The maximum Gasteiger partial charge on any atom is 0.0561 e. The van der Waals surface area contributed by atoms with E-state index < -0.39 is 0 Å². The zero-order chi connectivity index (χ0) is 42.4. The maximum absolute atomic E-state index is 2.42. The van der Waals surface area contributed by atoms with Crippen molar-refractivity contribution in [3.63, 3.8) is 0 Å².